The normalized spacial score (nSPS) is 12.0. The van der Waals surface area contributed by atoms with Gasteiger partial charge in [-0.3, -0.25) is 9.59 Å². The van der Waals surface area contributed by atoms with E-state index in [1.165, 1.54) is 30.0 Å². The predicted octanol–water partition coefficient (Wildman–Crippen LogP) is 5.03. The molecule has 0 spiro atoms. The van der Waals surface area contributed by atoms with Gasteiger partial charge in [0.05, 0.1) is 15.5 Å². The van der Waals surface area contributed by atoms with Gasteiger partial charge in [0, 0.05) is 23.3 Å². The van der Waals surface area contributed by atoms with Crippen molar-refractivity contribution in [3.8, 4) is 0 Å². The maximum atomic E-state index is 12.4. The summed E-state index contributed by atoms with van der Waals surface area (Å²) in [7, 11) is 0. The summed E-state index contributed by atoms with van der Waals surface area (Å²) in [5.74, 6) is -0.247. The molecule has 2 aromatic carbocycles. The molecule has 134 valence electrons. The number of amides is 2. The summed E-state index contributed by atoms with van der Waals surface area (Å²) in [6, 6.07) is 12.6. The largest absolute Gasteiger partial charge is 0.326 e. The average molecular weight is 406 g/mol. The van der Waals surface area contributed by atoms with E-state index in [-0.39, 0.29) is 17.1 Å². The zero-order valence-electron chi connectivity index (χ0n) is 14.1. The molecule has 0 unspecified atom stereocenters. The molecule has 1 aromatic heterocycles. The molecule has 0 bridgehead atoms. The number of fused-ring (bicyclic) bond motifs is 1. The number of carbonyl (C=O) groups is 2. The second-order valence-corrected chi connectivity index (χ2v) is 8.65. The highest BCUT2D eigenvalue weighted by Crippen LogP contribution is 2.33. The number of anilines is 2. The molecular formula is C18H16ClN3O2S2. The fourth-order valence-corrected chi connectivity index (χ4v) is 4.58. The van der Waals surface area contributed by atoms with Crippen molar-refractivity contribution in [1.82, 2.24) is 4.98 Å². The Morgan fingerprint density at radius 2 is 1.77 bits per heavy atom. The zero-order chi connectivity index (χ0) is 18.7. The van der Waals surface area contributed by atoms with Gasteiger partial charge < -0.3 is 10.6 Å². The topological polar surface area (TPSA) is 71.1 Å². The summed E-state index contributed by atoms with van der Waals surface area (Å²) in [4.78, 5) is 27.9. The number of nitrogens with zero attached hydrogens (tertiary/aromatic N) is 1. The lowest BCUT2D eigenvalue weighted by atomic mass is 10.2. The number of carbonyl (C=O) groups excluding carboxylic acids is 2. The molecule has 0 aliphatic heterocycles. The van der Waals surface area contributed by atoms with E-state index in [0.29, 0.717) is 16.4 Å². The average Bonchev–Trinajstić information content (AvgIpc) is 2.97. The van der Waals surface area contributed by atoms with E-state index >= 15 is 0 Å². The van der Waals surface area contributed by atoms with Gasteiger partial charge in [0.2, 0.25) is 11.8 Å². The van der Waals surface area contributed by atoms with Crippen LogP contribution in [0.15, 0.2) is 46.8 Å². The van der Waals surface area contributed by atoms with Crippen molar-refractivity contribution in [3.63, 3.8) is 0 Å². The van der Waals surface area contributed by atoms with Crippen LogP contribution in [-0.4, -0.2) is 22.0 Å². The standard InChI is InChI=1S/C18H16ClN3O2S2/c1-10(25-18-22-15-9-12(19)3-8-16(15)26-18)17(24)21-14-6-4-13(5-7-14)20-11(2)23/h3-10H,1-2H3,(H,20,23)(H,21,24)/t10-/m1/s1. The van der Waals surface area contributed by atoms with Gasteiger partial charge in [0.25, 0.3) is 0 Å². The van der Waals surface area contributed by atoms with Crippen LogP contribution in [0.3, 0.4) is 0 Å². The first kappa shape index (κ1) is 18.7. The number of rotatable bonds is 5. The second-order valence-electron chi connectivity index (χ2n) is 5.60. The molecule has 3 rings (SSSR count). The second kappa shape index (κ2) is 8.07. The molecule has 0 aliphatic rings. The van der Waals surface area contributed by atoms with E-state index in [1.807, 2.05) is 25.1 Å². The smallest absolute Gasteiger partial charge is 0.237 e. The van der Waals surface area contributed by atoms with Crippen LogP contribution in [0, 0.1) is 0 Å². The van der Waals surface area contributed by atoms with Gasteiger partial charge in [-0.2, -0.15) is 0 Å². The Balaban J connectivity index is 1.62. The van der Waals surface area contributed by atoms with E-state index in [9.17, 15) is 9.59 Å². The van der Waals surface area contributed by atoms with Gasteiger partial charge >= 0.3 is 0 Å². The van der Waals surface area contributed by atoms with E-state index in [1.54, 1.807) is 24.3 Å². The molecule has 0 saturated carbocycles. The Bertz CT molecular complexity index is 957. The van der Waals surface area contributed by atoms with E-state index in [0.717, 1.165) is 14.6 Å². The summed E-state index contributed by atoms with van der Waals surface area (Å²) >= 11 is 8.93. The highest BCUT2D eigenvalue weighted by atomic mass is 35.5. The van der Waals surface area contributed by atoms with Crippen LogP contribution in [0.5, 0.6) is 0 Å². The maximum absolute atomic E-state index is 12.4. The number of aromatic nitrogens is 1. The number of halogens is 1. The fourth-order valence-electron chi connectivity index (χ4n) is 2.22. The SMILES string of the molecule is CC(=O)Nc1ccc(NC(=O)[C@@H](C)Sc2nc3cc(Cl)ccc3s2)cc1. The van der Waals surface area contributed by atoms with Crippen molar-refractivity contribution in [3.05, 3.63) is 47.5 Å². The van der Waals surface area contributed by atoms with E-state index in [2.05, 4.69) is 15.6 Å². The van der Waals surface area contributed by atoms with Crippen molar-refractivity contribution in [2.24, 2.45) is 0 Å². The summed E-state index contributed by atoms with van der Waals surface area (Å²) < 4.78 is 1.86. The van der Waals surface area contributed by atoms with Crippen molar-refractivity contribution < 1.29 is 9.59 Å². The minimum atomic E-state index is -0.305. The molecule has 0 aliphatic carbocycles. The molecule has 8 heteroatoms. The van der Waals surface area contributed by atoms with Gasteiger partial charge in [0.15, 0.2) is 4.34 Å². The minimum Gasteiger partial charge on any atom is -0.326 e. The summed E-state index contributed by atoms with van der Waals surface area (Å²) in [6.45, 7) is 3.29. The van der Waals surface area contributed by atoms with Crippen molar-refractivity contribution >= 4 is 68.1 Å². The molecule has 2 amide bonds. The third kappa shape index (κ3) is 4.75. The molecule has 0 fully saturated rings. The Kier molecular flexibility index (Phi) is 5.80. The van der Waals surface area contributed by atoms with Crippen molar-refractivity contribution in [2.75, 3.05) is 10.6 Å². The number of hydrogen-bond donors (Lipinski definition) is 2. The Morgan fingerprint density at radius 3 is 2.42 bits per heavy atom. The lowest BCUT2D eigenvalue weighted by molar-refractivity contribution is -0.115. The van der Waals surface area contributed by atoms with Gasteiger partial charge in [-0.1, -0.05) is 23.4 Å². The predicted molar refractivity (Wildman–Crippen MR) is 109 cm³/mol. The van der Waals surface area contributed by atoms with Crippen LogP contribution < -0.4 is 10.6 Å². The van der Waals surface area contributed by atoms with Crippen LogP contribution in [-0.2, 0) is 9.59 Å². The number of benzene rings is 2. The van der Waals surface area contributed by atoms with Gasteiger partial charge in [0.1, 0.15) is 0 Å². The number of nitrogens with one attached hydrogen (secondary N) is 2. The Morgan fingerprint density at radius 1 is 1.12 bits per heavy atom. The third-order valence-corrected chi connectivity index (χ3v) is 5.91. The van der Waals surface area contributed by atoms with Crippen LogP contribution in [0.25, 0.3) is 10.2 Å². The number of thiazole rings is 1. The Labute approximate surface area is 164 Å². The molecule has 3 aromatic rings. The highest BCUT2D eigenvalue weighted by Gasteiger charge is 2.17. The van der Waals surface area contributed by atoms with Crippen molar-refractivity contribution in [1.29, 1.82) is 0 Å². The van der Waals surface area contributed by atoms with Crippen LogP contribution in [0.4, 0.5) is 11.4 Å². The first-order valence-electron chi connectivity index (χ1n) is 7.82. The molecule has 1 heterocycles. The number of hydrogen-bond acceptors (Lipinski definition) is 5. The molecule has 0 saturated heterocycles. The van der Waals surface area contributed by atoms with E-state index < -0.39 is 0 Å². The fraction of sp³-hybridized carbons (Fsp3) is 0.167. The first-order chi connectivity index (χ1) is 12.4. The van der Waals surface area contributed by atoms with Crippen LogP contribution in [0.1, 0.15) is 13.8 Å². The lowest BCUT2D eigenvalue weighted by Gasteiger charge is -2.11. The van der Waals surface area contributed by atoms with Gasteiger partial charge in [-0.15, -0.1) is 11.3 Å². The van der Waals surface area contributed by atoms with Crippen LogP contribution >= 0.6 is 34.7 Å². The molecule has 1 atom stereocenters. The lowest BCUT2D eigenvalue weighted by Crippen LogP contribution is -2.22. The quantitative estimate of drug-likeness (QED) is 0.584. The maximum Gasteiger partial charge on any atom is 0.237 e. The summed E-state index contributed by atoms with van der Waals surface area (Å²) in [5, 5.41) is 5.90. The highest BCUT2D eigenvalue weighted by molar-refractivity contribution is 8.02. The van der Waals surface area contributed by atoms with Gasteiger partial charge in [-0.25, -0.2) is 4.98 Å². The Hall–Kier alpha value is -2.09. The third-order valence-electron chi connectivity index (χ3n) is 3.45. The molecule has 2 N–H and O–H groups in total. The molecule has 26 heavy (non-hydrogen) atoms. The number of thioether (sulfide) groups is 1. The monoisotopic (exact) mass is 405 g/mol. The summed E-state index contributed by atoms with van der Waals surface area (Å²) in [5.41, 5.74) is 2.20. The van der Waals surface area contributed by atoms with Gasteiger partial charge in [-0.05, 0) is 49.4 Å². The van der Waals surface area contributed by atoms with Crippen LogP contribution in [0.2, 0.25) is 5.02 Å². The van der Waals surface area contributed by atoms with Crippen molar-refractivity contribution in [2.45, 2.75) is 23.4 Å². The summed E-state index contributed by atoms with van der Waals surface area (Å²) in [6.07, 6.45) is 0. The molecule has 0 radical (unpaired) electrons. The minimum absolute atomic E-state index is 0.112. The molecular weight excluding hydrogens is 390 g/mol. The van der Waals surface area contributed by atoms with E-state index in [4.69, 9.17) is 11.6 Å². The zero-order valence-corrected chi connectivity index (χ0v) is 16.5. The molecule has 5 nitrogen and oxygen atoms in total. The first-order valence-corrected chi connectivity index (χ1v) is 9.89.